The van der Waals surface area contributed by atoms with Crippen molar-refractivity contribution in [3.05, 3.63) is 0 Å². The third kappa shape index (κ3) is 5.47. The molecule has 3 unspecified atom stereocenters. The number of hydrogen-bond acceptors (Lipinski definition) is 6. The van der Waals surface area contributed by atoms with Crippen molar-refractivity contribution in [1.82, 2.24) is 0 Å². The van der Waals surface area contributed by atoms with Crippen LogP contribution < -0.4 is 17.2 Å². The van der Waals surface area contributed by atoms with E-state index >= 15 is 0 Å². The number of nitrogens with two attached hydrogens (primary N) is 3. The second-order valence-corrected chi connectivity index (χ2v) is 6.89. The van der Waals surface area contributed by atoms with Crippen molar-refractivity contribution in [2.75, 3.05) is 19.8 Å². The highest BCUT2D eigenvalue weighted by Crippen LogP contribution is 2.51. The molecular formula is C15H35N3O3. The average molecular weight is 305 g/mol. The molecule has 21 heavy (non-hydrogen) atoms. The zero-order chi connectivity index (χ0) is 16.7. The van der Waals surface area contributed by atoms with Gasteiger partial charge in [0.2, 0.25) is 0 Å². The van der Waals surface area contributed by atoms with E-state index in [1.807, 2.05) is 20.8 Å². The summed E-state index contributed by atoms with van der Waals surface area (Å²) in [7, 11) is 0. The lowest BCUT2D eigenvalue weighted by Gasteiger charge is -2.52. The fourth-order valence-electron chi connectivity index (χ4n) is 3.77. The van der Waals surface area contributed by atoms with Crippen LogP contribution in [0, 0.1) is 10.8 Å². The smallest absolute Gasteiger partial charge is 0.0515 e. The molecule has 0 aromatic carbocycles. The standard InChI is InChI=1S/C15H35N3O3/c1-11(16)6-15(7-12(2)17,8-13(3)18)14(9-20,10-21)4-5-19/h11-13,19-21H,4-10,16-18H2,1-3H3. The van der Waals surface area contributed by atoms with Gasteiger partial charge in [0.25, 0.3) is 0 Å². The van der Waals surface area contributed by atoms with Gasteiger partial charge in [-0.1, -0.05) is 0 Å². The van der Waals surface area contributed by atoms with Gasteiger partial charge in [-0.05, 0) is 51.9 Å². The van der Waals surface area contributed by atoms with E-state index in [1.54, 1.807) is 0 Å². The summed E-state index contributed by atoms with van der Waals surface area (Å²) in [6.07, 6.45) is 2.08. The van der Waals surface area contributed by atoms with Crippen LogP contribution in [0.1, 0.15) is 46.5 Å². The number of rotatable bonds is 11. The fraction of sp³-hybridized carbons (Fsp3) is 1.00. The van der Waals surface area contributed by atoms with Crippen LogP contribution in [0.5, 0.6) is 0 Å². The molecule has 9 N–H and O–H groups in total. The van der Waals surface area contributed by atoms with Gasteiger partial charge in [0.1, 0.15) is 0 Å². The first kappa shape index (κ1) is 20.8. The lowest BCUT2D eigenvalue weighted by atomic mass is 9.55. The highest BCUT2D eigenvalue weighted by atomic mass is 16.3. The zero-order valence-electron chi connectivity index (χ0n) is 13.8. The predicted molar refractivity (Wildman–Crippen MR) is 85.5 cm³/mol. The van der Waals surface area contributed by atoms with Gasteiger partial charge in [-0.25, -0.2) is 0 Å². The maximum absolute atomic E-state index is 9.99. The largest absolute Gasteiger partial charge is 0.396 e. The van der Waals surface area contributed by atoms with E-state index in [1.165, 1.54) is 0 Å². The maximum Gasteiger partial charge on any atom is 0.0515 e. The van der Waals surface area contributed by atoms with Crippen molar-refractivity contribution in [2.45, 2.75) is 64.6 Å². The molecule has 0 saturated heterocycles. The molecule has 0 aromatic rings. The van der Waals surface area contributed by atoms with E-state index in [9.17, 15) is 15.3 Å². The Morgan fingerprint density at radius 2 is 1.05 bits per heavy atom. The topological polar surface area (TPSA) is 139 Å². The first-order chi connectivity index (χ1) is 9.68. The quantitative estimate of drug-likeness (QED) is 0.305. The zero-order valence-corrected chi connectivity index (χ0v) is 13.8. The van der Waals surface area contributed by atoms with Gasteiger partial charge < -0.3 is 32.5 Å². The molecule has 0 aliphatic carbocycles. The summed E-state index contributed by atoms with van der Waals surface area (Å²) >= 11 is 0. The van der Waals surface area contributed by atoms with Crippen LogP contribution in [0.4, 0.5) is 0 Å². The fourth-order valence-corrected chi connectivity index (χ4v) is 3.77. The summed E-state index contributed by atoms with van der Waals surface area (Å²) in [6.45, 7) is 5.13. The molecule has 0 aliphatic heterocycles. The minimum Gasteiger partial charge on any atom is -0.396 e. The van der Waals surface area contributed by atoms with E-state index in [0.717, 1.165) is 0 Å². The first-order valence-corrected chi connectivity index (χ1v) is 7.78. The number of aliphatic hydroxyl groups is 3. The highest BCUT2D eigenvalue weighted by molar-refractivity contribution is 5.01. The second-order valence-electron chi connectivity index (χ2n) is 6.89. The van der Waals surface area contributed by atoms with Gasteiger partial charge in [-0.2, -0.15) is 0 Å². The lowest BCUT2D eigenvalue weighted by molar-refractivity contribution is -0.0957. The summed E-state index contributed by atoms with van der Waals surface area (Å²) in [4.78, 5) is 0. The van der Waals surface area contributed by atoms with Crippen LogP contribution in [0.15, 0.2) is 0 Å². The molecule has 0 saturated carbocycles. The van der Waals surface area contributed by atoms with E-state index in [0.29, 0.717) is 25.7 Å². The average Bonchev–Trinajstić information content (AvgIpc) is 2.33. The van der Waals surface area contributed by atoms with Crippen molar-refractivity contribution in [2.24, 2.45) is 28.0 Å². The molecule has 0 fully saturated rings. The highest BCUT2D eigenvalue weighted by Gasteiger charge is 2.50. The normalized spacial score (nSPS) is 19.9. The third-order valence-corrected chi connectivity index (χ3v) is 4.46. The van der Waals surface area contributed by atoms with Gasteiger partial charge in [0, 0.05) is 30.1 Å². The maximum atomic E-state index is 9.99. The molecule has 0 amide bonds. The molecule has 6 nitrogen and oxygen atoms in total. The first-order valence-electron chi connectivity index (χ1n) is 7.78. The molecule has 0 aliphatic rings. The molecule has 6 heteroatoms. The minimum absolute atomic E-state index is 0.111. The Kier molecular flexibility index (Phi) is 8.92. The van der Waals surface area contributed by atoms with Crippen LogP contribution in [-0.2, 0) is 0 Å². The Morgan fingerprint density at radius 1 is 0.714 bits per heavy atom. The molecule has 128 valence electrons. The van der Waals surface area contributed by atoms with E-state index < -0.39 is 10.8 Å². The molecule has 0 spiro atoms. The second kappa shape index (κ2) is 9.02. The SMILES string of the molecule is CC(N)CC(CC(C)N)(CC(C)N)C(CO)(CO)CCO. The number of aliphatic hydroxyl groups excluding tert-OH is 3. The number of hydrogen-bond donors (Lipinski definition) is 6. The predicted octanol–water partition coefficient (Wildman–Crippen LogP) is -0.462. The van der Waals surface area contributed by atoms with Crippen molar-refractivity contribution in [1.29, 1.82) is 0 Å². The van der Waals surface area contributed by atoms with Crippen molar-refractivity contribution < 1.29 is 15.3 Å². The van der Waals surface area contributed by atoms with Gasteiger partial charge in [-0.3, -0.25) is 0 Å². The van der Waals surface area contributed by atoms with Crippen molar-refractivity contribution in [3.63, 3.8) is 0 Å². The minimum atomic E-state index is -0.837. The van der Waals surface area contributed by atoms with E-state index in [2.05, 4.69) is 0 Å². The molecule has 0 aromatic heterocycles. The van der Waals surface area contributed by atoms with Crippen LogP contribution in [0.25, 0.3) is 0 Å². The Morgan fingerprint density at radius 3 is 1.24 bits per heavy atom. The molecule has 0 rings (SSSR count). The molecule has 0 bridgehead atoms. The van der Waals surface area contributed by atoms with Crippen LogP contribution in [0.3, 0.4) is 0 Å². The Labute approximate surface area is 128 Å². The Balaban J connectivity index is 5.86. The summed E-state index contributed by atoms with van der Waals surface area (Å²) < 4.78 is 0. The van der Waals surface area contributed by atoms with Crippen molar-refractivity contribution in [3.8, 4) is 0 Å². The van der Waals surface area contributed by atoms with Gasteiger partial charge in [0.05, 0.1) is 13.2 Å². The molecular weight excluding hydrogens is 270 g/mol. The summed E-state index contributed by atoms with van der Waals surface area (Å²) in [5, 5.41) is 29.4. The van der Waals surface area contributed by atoms with Gasteiger partial charge in [-0.15, -0.1) is 0 Å². The van der Waals surface area contributed by atoms with Crippen LogP contribution in [-0.4, -0.2) is 53.3 Å². The summed E-state index contributed by atoms with van der Waals surface area (Å²) in [6, 6.07) is -0.337. The Bertz CT molecular complexity index is 253. The van der Waals surface area contributed by atoms with Gasteiger partial charge in [0.15, 0.2) is 0 Å². The molecule has 3 atom stereocenters. The van der Waals surface area contributed by atoms with Gasteiger partial charge >= 0.3 is 0 Å². The summed E-state index contributed by atoms with van der Waals surface area (Å²) in [5.74, 6) is 0. The lowest BCUT2D eigenvalue weighted by Crippen LogP contribution is -2.54. The molecule has 0 radical (unpaired) electrons. The summed E-state index contributed by atoms with van der Waals surface area (Å²) in [5.41, 5.74) is 16.7. The van der Waals surface area contributed by atoms with Crippen LogP contribution >= 0.6 is 0 Å². The van der Waals surface area contributed by atoms with Crippen molar-refractivity contribution >= 4 is 0 Å². The monoisotopic (exact) mass is 305 g/mol. The third-order valence-electron chi connectivity index (χ3n) is 4.46. The van der Waals surface area contributed by atoms with Crippen LogP contribution in [0.2, 0.25) is 0 Å². The van der Waals surface area contributed by atoms with E-state index in [4.69, 9.17) is 17.2 Å². The van der Waals surface area contributed by atoms with E-state index in [-0.39, 0.29) is 37.9 Å². The Hall–Kier alpha value is -0.240. The molecule has 0 heterocycles.